The molecule has 0 heterocycles. The Balaban J connectivity index is 0. The molecule has 0 aliphatic heterocycles. The molecule has 0 aromatic heterocycles. The largest absolute Gasteiger partial charge is 0.398 e. The van der Waals surface area contributed by atoms with E-state index in [0.29, 0.717) is 0 Å². The summed E-state index contributed by atoms with van der Waals surface area (Å²) in [6.45, 7) is 2.97. The molecule has 94 valence electrons. The molecule has 0 unspecified atom stereocenters. The Bertz CT molecular complexity index is 133. The first-order chi connectivity index (χ1) is 6.74. The monoisotopic (exact) mass is 236 g/mol. The first-order valence-corrected chi connectivity index (χ1v) is 7.78. The van der Waals surface area contributed by atoms with E-state index in [1.54, 1.807) is 14.2 Å². The third-order valence-electron chi connectivity index (χ3n) is 2.67. The van der Waals surface area contributed by atoms with Crippen LogP contribution >= 0.6 is 0 Å². The highest BCUT2D eigenvalue weighted by atomic mass is 28.4. The van der Waals surface area contributed by atoms with Crippen LogP contribution in [0.5, 0.6) is 0 Å². The molecule has 0 fully saturated rings. The molecule has 0 aromatic carbocycles. The zero-order valence-electron chi connectivity index (χ0n) is 10.6. The second-order valence-electron chi connectivity index (χ2n) is 3.67. The Hall–Kier alpha value is 0.0569. The SMILES string of the molecule is CCCC[Si](CCCCN)(OC)OC.N. The van der Waals surface area contributed by atoms with E-state index in [9.17, 15) is 0 Å². The van der Waals surface area contributed by atoms with Gasteiger partial charge in [0.25, 0.3) is 0 Å². The maximum atomic E-state index is 5.61. The Labute approximate surface area is 95.4 Å². The molecule has 15 heavy (non-hydrogen) atoms. The summed E-state index contributed by atoms with van der Waals surface area (Å²) in [5.74, 6) is 0. The van der Waals surface area contributed by atoms with Gasteiger partial charge >= 0.3 is 8.56 Å². The lowest BCUT2D eigenvalue weighted by atomic mass is 10.3. The third-order valence-corrected chi connectivity index (χ3v) is 6.39. The van der Waals surface area contributed by atoms with E-state index in [1.807, 2.05) is 0 Å². The molecule has 0 rings (SSSR count). The van der Waals surface area contributed by atoms with E-state index in [1.165, 1.54) is 12.8 Å². The lowest BCUT2D eigenvalue weighted by molar-refractivity contribution is 0.239. The molecule has 0 aliphatic rings. The minimum Gasteiger partial charge on any atom is -0.398 e. The number of unbranched alkanes of at least 4 members (excludes halogenated alkanes) is 2. The predicted molar refractivity (Wildman–Crippen MR) is 67.6 cm³/mol. The summed E-state index contributed by atoms with van der Waals surface area (Å²) in [6, 6.07) is 2.19. The minimum atomic E-state index is -1.86. The van der Waals surface area contributed by atoms with Gasteiger partial charge in [0.1, 0.15) is 0 Å². The smallest absolute Gasteiger partial charge is 0.337 e. The van der Waals surface area contributed by atoms with E-state index < -0.39 is 8.56 Å². The van der Waals surface area contributed by atoms with Gasteiger partial charge in [0.2, 0.25) is 0 Å². The molecule has 0 aliphatic carbocycles. The molecule has 0 spiro atoms. The van der Waals surface area contributed by atoms with Gasteiger partial charge in [0.15, 0.2) is 0 Å². The van der Waals surface area contributed by atoms with Crippen LogP contribution in [0.15, 0.2) is 0 Å². The number of hydrogen-bond acceptors (Lipinski definition) is 4. The third kappa shape index (κ3) is 7.02. The fourth-order valence-electron chi connectivity index (χ4n) is 1.60. The lowest BCUT2D eigenvalue weighted by Gasteiger charge is -2.27. The van der Waals surface area contributed by atoms with E-state index in [0.717, 1.165) is 31.5 Å². The summed E-state index contributed by atoms with van der Waals surface area (Å²) < 4.78 is 11.2. The van der Waals surface area contributed by atoms with Crippen LogP contribution in [0, 0.1) is 0 Å². The second kappa shape index (κ2) is 10.6. The molecule has 0 amide bonds. The van der Waals surface area contributed by atoms with Gasteiger partial charge in [-0.1, -0.05) is 26.2 Å². The molecular weight excluding hydrogens is 208 g/mol. The predicted octanol–water partition coefficient (Wildman–Crippen LogP) is 2.42. The molecule has 0 saturated heterocycles. The van der Waals surface area contributed by atoms with Crippen LogP contribution in [0.4, 0.5) is 0 Å². The normalized spacial score (nSPS) is 11.2. The van der Waals surface area contributed by atoms with Crippen LogP contribution in [-0.4, -0.2) is 29.3 Å². The minimum absolute atomic E-state index is 0. The van der Waals surface area contributed by atoms with Gasteiger partial charge in [-0.05, 0) is 25.1 Å². The Kier molecular flexibility index (Phi) is 12.3. The van der Waals surface area contributed by atoms with Crippen LogP contribution in [0.25, 0.3) is 0 Å². The zero-order chi connectivity index (χ0) is 10.9. The molecule has 5 N–H and O–H groups in total. The summed E-state index contributed by atoms with van der Waals surface area (Å²) in [4.78, 5) is 0. The molecule has 4 nitrogen and oxygen atoms in total. The molecule has 0 radical (unpaired) electrons. The second-order valence-corrected chi connectivity index (χ2v) is 7.31. The summed E-state index contributed by atoms with van der Waals surface area (Å²) in [6.07, 6.45) is 4.62. The summed E-state index contributed by atoms with van der Waals surface area (Å²) in [7, 11) is 1.71. The van der Waals surface area contributed by atoms with Crippen LogP contribution in [-0.2, 0) is 8.85 Å². The molecule has 0 bridgehead atoms. The van der Waals surface area contributed by atoms with Gasteiger partial charge in [-0.25, -0.2) is 0 Å². The standard InChI is InChI=1S/C10H25NO2Si.H3N/c1-4-5-9-14(12-2,13-3)10-7-6-8-11;/h4-11H2,1-3H3;1H3. The van der Waals surface area contributed by atoms with Crippen LogP contribution < -0.4 is 11.9 Å². The first kappa shape index (κ1) is 17.5. The highest BCUT2D eigenvalue weighted by Crippen LogP contribution is 2.22. The van der Waals surface area contributed by atoms with Crippen LogP contribution in [0.1, 0.15) is 32.6 Å². The number of nitrogens with two attached hydrogens (primary N) is 1. The Morgan fingerprint density at radius 3 is 1.93 bits per heavy atom. The van der Waals surface area contributed by atoms with Crippen molar-refractivity contribution < 1.29 is 8.85 Å². The topological polar surface area (TPSA) is 79.5 Å². The Morgan fingerprint density at radius 2 is 1.53 bits per heavy atom. The highest BCUT2D eigenvalue weighted by molar-refractivity contribution is 6.67. The maximum absolute atomic E-state index is 5.61. The van der Waals surface area contributed by atoms with Gasteiger partial charge in [-0.3, -0.25) is 0 Å². The van der Waals surface area contributed by atoms with Gasteiger partial charge in [0, 0.05) is 14.2 Å². The van der Waals surface area contributed by atoms with Gasteiger partial charge < -0.3 is 20.7 Å². The van der Waals surface area contributed by atoms with Crippen LogP contribution in [0.2, 0.25) is 12.1 Å². The highest BCUT2D eigenvalue weighted by Gasteiger charge is 2.33. The van der Waals surface area contributed by atoms with Crippen molar-refractivity contribution in [3.63, 3.8) is 0 Å². The van der Waals surface area contributed by atoms with Gasteiger partial charge in [-0.2, -0.15) is 0 Å². The Morgan fingerprint density at radius 1 is 1.00 bits per heavy atom. The molecule has 0 atom stereocenters. The summed E-state index contributed by atoms with van der Waals surface area (Å²) in [5.41, 5.74) is 5.47. The molecular formula is C10H28N2O2Si. The summed E-state index contributed by atoms with van der Waals surface area (Å²) in [5, 5.41) is 0. The fourth-order valence-corrected chi connectivity index (χ4v) is 4.52. The van der Waals surface area contributed by atoms with Crippen molar-refractivity contribution in [3.8, 4) is 0 Å². The van der Waals surface area contributed by atoms with Gasteiger partial charge in [0.05, 0.1) is 0 Å². The van der Waals surface area contributed by atoms with Crippen molar-refractivity contribution in [3.05, 3.63) is 0 Å². The average Bonchev–Trinajstić information content (AvgIpc) is 2.24. The maximum Gasteiger partial charge on any atom is 0.337 e. The first-order valence-electron chi connectivity index (χ1n) is 5.55. The average molecular weight is 236 g/mol. The van der Waals surface area contributed by atoms with Crippen molar-refractivity contribution in [2.24, 2.45) is 5.73 Å². The number of hydrogen-bond donors (Lipinski definition) is 2. The zero-order valence-corrected chi connectivity index (χ0v) is 11.6. The van der Waals surface area contributed by atoms with Crippen molar-refractivity contribution in [1.82, 2.24) is 6.15 Å². The quantitative estimate of drug-likeness (QED) is 0.476. The van der Waals surface area contributed by atoms with Crippen molar-refractivity contribution in [1.29, 1.82) is 0 Å². The van der Waals surface area contributed by atoms with Crippen molar-refractivity contribution in [2.45, 2.75) is 44.7 Å². The van der Waals surface area contributed by atoms with E-state index in [2.05, 4.69) is 6.92 Å². The van der Waals surface area contributed by atoms with E-state index in [4.69, 9.17) is 14.6 Å². The van der Waals surface area contributed by atoms with E-state index in [-0.39, 0.29) is 6.15 Å². The molecule has 0 saturated carbocycles. The fraction of sp³-hybridized carbons (Fsp3) is 1.00. The lowest BCUT2D eigenvalue weighted by Crippen LogP contribution is -2.39. The van der Waals surface area contributed by atoms with Crippen molar-refractivity contribution in [2.75, 3.05) is 20.8 Å². The molecule has 0 aromatic rings. The molecule has 5 heteroatoms. The van der Waals surface area contributed by atoms with E-state index >= 15 is 0 Å². The van der Waals surface area contributed by atoms with Gasteiger partial charge in [-0.15, -0.1) is 0 Å². The van der Waals surface area contributed by atoms with Crippen LogP contribution in [0.3, 0.4) is 0 Å². The van der Waals surface area contributed by atoms with Crippen molar-refractivity contribution >= 4 is 8.56 Å². The number of rotatable bonds is 9. The summed E-state index contributed by atoms with van der Waals surface area (Å²) >= 11 is 0.